The summed E-state index contributed by atoms with van der Waals surface area (Å²) in [6, 6.07) is 9.79. The van der Waals surface area contributed by atoms with Gasteiger partial charge in [-0.3, -0.25) is 4.79 Å². The number of rotatable bonds is 6. The summed E-state index contributed by atoms with van der Waals surface area (Å²) in [6.45, 7) is 2.21. The maximum Gasteiger partial charge on any atom is 0.341 e. The maximum absolute atomic E-state index is 12.7. The van der Waals surface area contributed by atoms with E-state index < -0.39 is 5.97 Å². The molecule has 0 saturated heterocycles. The highest BCUT2D eigenvalue weighted by Gasteiger charge is 2.29. The van der Waals surface area contributed by atoms with Crippen molar-refractivity contribution in [3.8, 4) is 11.4 Å². The van der Waals surface area contributed by atoms with E-state index in [0.717, 1.165) is 36.2 Å². The average molecular weight is 457 g/mol. The number of nitrogens with one attached hydrogen (secondary N) is 1. The lowest BCUT2D eigenvalue weighted by Gasteiger charge is -2.18. The molecule has 31 heavy (non-hydrogen) atoms. The van der Waals surface area contributed by atoms with Crippen LogP contribution >= 0.6 is 23.1 Å². The van der Waals surface area contributed by atoms with Crippen molar-refractivity contribution in [3.05, 3.63) is 46.3 Å². The van der Waals surface area contributed by atoms with Gasteiger partial charge < -0.3 is 14.6 Å². The monoisotopic (exact) mass is 456 g/mol. The fraction of sp³-hybridized carbons (Fsp3) is 0.364. The van der Waals surface area contributed by atoms with Gasteiger partial charge >= 0.3 is 5.97 Å². The fourth-order valence-electron chi connectivity index (χ4n) is 3.73. The molecule has 1 N–H and O–H groups in total. The zero-order valence-electron chi connectivity index (χ0n) is 17.7. The van der Waals surface area contributed by atoms with Gasteiger partial charge in [0.25, 0.3) is 0 Å². The predicted octanol–water partition coefficient (Wildman–Crippen LogP) is 4.19. The van der Waals surface area contributed by atoms with Crippen LogP contribution in [0.3, 0.4) is 0 Å². The van der Waals surface area contributed by atoms with Crippen molar-refractivity contribution in [1.29, 1.82) is 0 Å². The van der Waals surface area contributed by atoms with Crippen LogP contribution in [0.25, 0.3) is 11.4 Å². The fourth-order valence-corrected chi connectivity index (χ4v) is 5.85. The van der Waals surface area contributed by atoms with Crippen LogP contribution in [0.15, 0.2) is 35.5 Å². The third-order valence-corrected chi connectivity index (χ3v) is 7.54. The summed E-state index contributed by atoms with van der Waals surface area (Å²) in [5, 5.41) is 12.6. The highest BCUT2D eigenvalue weighted by Crippen LogP contribution is 2.40. The summed E-state index contributed by atoms with van der Waals surface area (Å²) in [7, 11) is 3.25. The van der Waals surface area contributed by atoms with E-state index in [0.29, 0.717) is 21.6 Å². The Kier molecular flexibility index (Phi) is 6.43. The highest BCUT2D eigenvalue weighted by molar-refractivity contribution is 7.99. The molecule has 7 nitrogen and oxygen atoms in total. The first-order valence-corrected chi connectivity index (χ1v) is 11.9. The highest BCUT2D eigenvalue weighted by atomic mass is 32.2. The summed E-state index contributed by atoms with van der Waals surface area (Å²) in [5.41, 5.74) is 2.51. The van der Waals surface area contributed by atoms with E-state index in [1.807, 2.05) is 41.9 Å². The molecule has 1 atom stereocenters. The molecule has 1 aliphatic rings. The van der Waals surface area contributed by atoms with E-state index in [4.69, 9.17) is 4.74 Å². The summed E-state index contributed by atoms with van der Waals surface area (Å²) < 4.78 is 6.86. The van der Waals surface area contributed by atoms with Gasteiger partial charge in [0.15, 0.2) is 11.0 Å². The third-order valence-electron chi connectivity index (χ3n) is 5.35. The van der Waals surface area contributed by atoms with E-state index in [2.05, 4.69) is 22.4 Å². The molecule has 1 aromatic carbocycles. The van der Waals surface area contributed by atoms with Crippen LogP contribution in [0, 0.1) is 5.92 Å². The Morgan fingerprint density at radius 1 is 1.29 bits per heavy atom. The molecule has 0 spiro atoms. The van der Waals surface area contributed by atoms with Crippen molar-refractivity contribution < 1.29 is 14.3 Å². The third kappa shape index (κ3) is 4.52. The Hall–Kier alpha value is -2.65. The lowest BCUT2D eigenvalue weighted by molar-refractivity contribution is -0.113. The quantitative estimate of drug-likeness (QED) is 0.442. The van der Waals surface area contributed by atoms with Crippen LogP contribution < -0.4 is 5.32 Å². The van der Waals surface area contributed by atoms with Crippen molar-refractivity contribution in [2.75, 3.05) is 18.2 Å². The molecule has 0 aliphatic heterocycles. The standard InChI is InChI=1S/C22H24N4O3S2/c1-13-9-10-15-16(11-13)31-20(18(15)21(28)29-3)23-17(27)12-30-22-25-24-19(26(22)2)14-7-5-4-6-8-14/h4-8,13H,9-12H2,1-3H3,(H,23,27). The molecular formula is C22H24N4O3S2. The Bertz CT molecular complexity index is 1110. The molecule has 1 aliphatic carbocycles. The lowest BCUT2D eigenvalue weighted by atomic mass is 9.88. The second-order valence-corrected chi connectivity index (χ2v) is 9.66. The van der Waals surface area contributed by atoms with Crippen molar-refractivity contribution in [2.45, 2.75) is 31.3 Å². The minimum absolute atomic E-state index is 0.167. The number of nitrogens with zero attached hydrogens (tertiary/aromatic N) is 3. The van der Waals surface area contributed by atoms with Crippen LogP contribution in [0.4, 0.5) is 5.00 Å². The second-order valence-electron chi connectivity index (χ2n) is 7.62. The predicted molar refractivity (Wildman–Crippen MR) is 123 cm³/mol. The van der Waals surface area contributed by atoms with Gasteiger partial charge in [-0.1, -0.05) is 49.0 Å². The number of fused-ring (bicyclic) bond motifs is 1. The molecular weight excluding hydrogens is 432 g/mol. The van der Waals surface area contributed by atoms with Gasteiger partial charge in [0, 0.05) is 17.5 Å². The average Bonchev–Trinajstić information content (AvgIpc) is 3.31. The van der Waals surface area contributed by atoms with Gasteiger partial charge in [0.1, 0.15) is 5.00 Å². The number of aromatic nitrogens is 3. The van der Waals surface area contributed by atoms with E-state index in [1.54, 1.807) is 0 Å². The van der Waals surface area contributed by atoms with Crippen LogP contribution in [0.1, 0.15) is 34.1 Å². The van der Waals surface area contributed by atoms with Gasteiger partial charge in [0.05, 0.1) is 18.4 Å². The smallest absolute Gasteiger partial charge is 0.341 e. The number of amides is 1. The van der Waals surface area contributed by atoms with Crippen LogP contribution in [-0.4, -0.2) is 39.5 Å². The first kappa shape index (κ1) is 21.6. The molecule has 2 heterocycles. The van der Waals surface area contributed by atoms with E-state index in [9.17, 15) is 9.59 Å². The molecule has 0 fully saturated rings. The Morgan fingerprint density at radius 3 is 2.81 bits per heavy atom. The maximum atomic E-state index is 12.7. The van der Waals surface area contributed by atoms with Crippen molar-refractivity contribution >= 4 is 40.0 Å². The number of hydrogen-bond acceptors (Lipinski definition) is 7. The Morgan fingerprint density at radius 2 is 2.06 bits per heavy atom. The molecule has 0 saturated carbocycles. The first-order valence-electron chi connectivity index (χ1n) is 10.1. The Labute approximate surface area is 189 Å². The number of hydrogen-bond donors (Lipinski definition) is 1. The number of carbonyl (C=O) groups is 2. The number of anilines is 1. The number of esters is 1. The molecule has 3 aromatic rings. The molecule has 9 heteroatoms. The molecule has 4 rings (SSSR count). The zero-order valence-corrected chi connectivity index (χ0v) is 19.3. The SMILES string of the molecule is COC(=O)c1c(NC(=O)CSc2nnc(-c3ccccc3)n2C)sc2c1CCC(C)C2. The number of thiophene rings is 1. The largest absolute Gasteiger partial charge is 0.465 e. The van der Waals surface area contributed by atoms with Gasteiger partial charge in [-0.15, -0.1) is 21.5 Å². The number of carbonyl (C=O) groups excluding carboxylic acids is 2. The van der Waals surface area contributed by atoms with Gasteiger partial charge in [-0.2, -0.15) is 0 Å². The topological polar surface area (TPSA) is 86.1 Å². The first-order chi connectivity index (χ1) is 15.0. The van der Waals surface area contributed by atoms with Gasteiger partial charge in [-0.05, 0) is 30.7 Å². The van der Waals surface area contributed by atoms with Crippen molar-refractivity contribution in [3.63, 3.8) is 0 Å². The summed E-state index contributed by atoms with van der Waals surface area (Å²) in [5.74, 6) is 0.907. The summed E-state index contributed by atoms with van der Waals surface area (Å²) in [6.07, 6.45) is 2.80. The van der Waals surface area contributed by atoms with E-state index >= 15 is 0 Å². The molecule has 1 amide bonds. The molecule has 0 radical (unpaired) electrons. The number of benzene rings is 1. The molecule has 0 bridgehead atoms. The zero-order chi connectivity index (χ0) is 22.0. The molecule has 162 valence electrons. The van der Waals surface area contributed by atoms with Crippen LogP contribution in [0.2, 0.25) is 0 Å². The second kappa shape index (κ2) is 9.23. The number of thioether (sulfide) groups is 1. The van der Waals surface area contributed by atoms with Gasteiger partial charge in [-0.25, -0.2) is 4.79 Å². The summed E-state index contributed by atoms with van der Waals surface area (Å²) >= 11 is 2.80. The number of methoxy groups -OCH3 is 1. The minimum atomic E-state index is -0.393. The van der Waals surface area contributed by atoms with Gasteiger partial charge in [0.2, 0.25) is 5.91 Å². The summed E-state index contributed by atoms with van der Waals surface area (Å²) in [4.78, 5) is 26.2. The normalized spacial score (nSPS) is 15.4. The van der Waals surface area contributed by atoms with Crippen LogP contribution in [-0.2, 0) is 29.4 Å². The molecule has 1 unspecified atom stereocenters. The minimum Gasteiger partial charge on any atom is -0.465 e. The van der Waals surface area contributed by atoms with Crippen molar-refractivity contribution in [1.82, 2.24) is 14.8 Å². The van der Waals surface area contributed by atoms with Crippen LogP contribution in [0.5, 0.6) is 0 Å². The van der Waals surface area contributed by atoms with E-state index in [-0.39, 0.29) is 11.7 Å². The van der Waals surface area contributed by atoms with Crippen molar-refractivity contribution in [2.24, 2.45) is 13.0 Å². The number of ether oxygens (including phenoxy) is 1. The van der Waals surface area contributed by atoms with E-state index in [1.165, 1.54) is 35.1 Å². The Balaban J connectivity index is 1.46. The molecule has 2 aromatic heterocycles. The lowest BCUT2D eigenvalue weighted by Crippen LogP contribution is -2.17.